The van der Waals surface area contributed by atoms with Crippen LogP contribution in [0.3, 0.4) is 0 Å². The van der Waals surface area contributed by atoms with Gasteiger partial charge in [-0.2, -0.15) is 13.2 Å². The van der Waals surface area contributed by atoms with Crippen molar-refractivity contribution >= 4 is 17.8 Å². The van der Waals surface area contributed by atoms with Crippen molar-refractivity contribution in [3.8, 4) is 0 Å². The molecule has 0 aliphatic carbocycles. The van der Waals surface area contributed by atoms with Crippen LogP contribution in [0.4, 0.5) is 19.1 Å². The van der Waals surface area contributed by atoms with Crippen molar-refractivity contribution < 1.29 is 27.9 Å². The Morgan fingerprint density at radius 1 is 1.00 bits per heavy atom. The molecule has 172 valence electrons. The Labute approximate surface area is 182 Å². The molecule has 1 spiro atoms. The number of carbonyl (C=O) groups is 2. The maximum Gasteiger partial charge on any atom is 0.490 e. The van der Waals surface area contributed by atoms with E-state index in [4.69, 9.17) is 9.90 Å². The minimum absolute atomic E-state index is 0.0251. The number of carboxylic acid groups (broad SMARTS) is 1. The summed E-state index contributed by atoms with van der Waals surface area (Å²) < 4.78 is 31.7. The second kappa shape index (κ2) is 9.45. The fourth-order valence-corrected chi connectivity index (χ4v) is 3.99. The number of nitrogens with zero attached hydrogens (tertiary/aromatic N) is 6. The standard InChI is InChI=1S/C18H22N6O.C2HF3O2/c1-14-12-22-15(13-21-14)16(25)23-10-5-18(6-11-23)4-2-9-24(18)17-19-7-3-8-20-17;3-2(4,5)1(6)7/h3,7-8,12-13H,2,4-6,9-11H2,1H3;(H,6,7). The predicted octanol–water partition coefficient (Wildman–Crippen LogP) is 2.48. The van der Waals surface area contributed by atoms with Crippen molar-refractivity contribution in [1.82, 2.24) is 24.8 Å². The molecule has 4 heterocycles. The Kier molecular flexibility index (Phi) is 6.90. The summed E-state index contributed by atoms with van der Waals surface area (Å²) in [5, 5.41) is 7.12. The molecule has 2 aromatic rings. The van der Waals surface area contributed by atoms with Gasteiger partial charge in [-0.05, 0) is 38.7 Å². The van der Waals surface area contributed by atoms with Crippen LogP contribution < -0.4 is 4.90 Å². The topological polar surface area (TPSA) is 112 Å². The molecular weight excluding hydrogens is 429 g/mol. The summed E-state index contributed by atoms with van der Waals surface area (Å²) in [5.74, 6) is -1.97. The monoisotopic (exact) mass is 452 g/mol. The van der Waals surface area contributed by atoms with Gasteiger partial charge in [0.1, 0.15) is 5.69 Å². The maximum atomic E-state index is 12.7. The Balaban J connectivity index is 0.000000360. The fraction of sp³-hybridized carbons (Fsp3) is 0.500. The van der Waals surface area contributed by atoms with Crippen molar-refractivity contribution in [3.05, 3.63) is 42.2 Å². The number of rotatable bonds is 2. The van der Waals surface area contributed by atoms with Crippen LogP contribution in [0.25, 0.3) is 0 Å². The molecule has 0 atom stereocenters. The summed E-state index contributed by atoms with van der Waals surface area (Å²) in [7, 11) is 0. The van der Waals surface area contributed by atoms with Crippen LogP contribution in [0.2, 0.25) is 0 Å². The summed E-state index contributed by atoms with van der Waals surface area (Å²) >= 11 is 0. The van der Waals surface area contributed by atoms with Crippen LogP contribution in [-0.4, -0.2) is 73.2 Å². The first-order valence-electron chi connectivity index (χ1n) is 10.1. The van der Waals surface area contributed by atoms with Gasteiger partial charge >= 0.3 is 12.1 Å². The lowest BCUT2D eigenvalue weighted by atomic mass is 9.85. The third-order valence-corrected chi connectivity index (χ3v) is 5.61. The highest BCUT2D eigenvalue weighted by atomic mass is 19.4. The molecule has 1 amide bonds. The van der Waals surface area contributed by atoms with Crippen LogP contribution in [0, 0.1) is 6.92 Å². The minimum atomic E-state index is -5.08. The van der Waals surface area contributed by atoms with E-state index in [1.807, 2.05) is 17.9 Å². The molecular formula is C20H23F3N6O3. The van der Waals surface area contributed by atoms with E-state index < -0.39 is 12.1 Å². The second-order valence-corrected chi connectivity index (χ2v) is 7.67. The number of piperidine rings is 1. The number of aryl methyl sites for hydroxylation is 1. The molecule has 2 saturated heterocycles. The van der Waals surface area contributed by atoms with Gasteiger partial charge in [0.15, 0.2) is 0 Å². The van der Waals surface area contributed by atoms with Gasteiger partial charge in [-0.15, -0.1) is 0 Å². The predicted molar refractivity (Wildman–Crippen MR) is 107 cm³/mol. The first kappa shape index (κ1) is 23.4. The van der Waals surface area contributed by atoms with Crippen LogP contribution in [0.5, 0.6) is 0 Å². The molecule has 0 bridgehead atoms. The fourth-order valence-electron chi connectivity index (χ4n) is 3.99. The van der Waals surface area contributed by atoms with E-state index in [1.165, 1.54) is 0 Å². The van der Waals surface area contributed by atoms with E-state index in [0.717, 1.165) is 57.0 Å². The molecule has 0 radical (unpaired) electrons. The zero-order valence-corrected chi connectivity index (χ0v) is 17.4. The minimum Gasteiger partial charge on any atom is -0.475 e. The van der Waals surface area contributed by atoms with Gasteiger partial charge in [0.2, 0.25) is 5.95 Å². The van der Waals surface area contributed by atoms with Crippen LogP contribution in [-0.2, 0) is 4.79 Å². The van der Waals surface area contributed by atoms with Crippen LogP contribution >= 0.6 is 0 Å². The van der Waals surface area contributed by atoms with Gasteiger partial charge in [0, 0.05) is 43.8 Å². The van der Waals surface area contributed by atoms with Crippen molar-refractivity contribution in [2.75, 3.05) is 24.5 Å². The summed E-state index contributed by atoms with van der Waals surface area (Å²) in [6.45, 7) is 4.32. The average Bonchev–Trinajstić information content (AvgIpc) is 3.17. The van der Waals surface area contributed by atoms with Crippen molar-refractivity contribution in [2.45, 2.75) is 44.3 Å². The average molecular weight is 452 g/mol. The molecule has 32 heavy (non-hydrogen) atoms. The molecule has 2 aromatic heterocycles. The van der Waals surface area contributed by atoms with Crippen LogP contribution in [0.1, 0.15) is 41.9 Å². The highest BCUT2D eigenvalue weighted by molar-refractivity contribution is 5.92. The highest BCUT2D eigenvalue weighted by Crippen LogP contribution is 2.40. The number of carboxylic acids is 1. The quantitative estimate of drug-likeness (QED) is 0.740. The van der Waals surface area contributed by atoms with E-state index in [2.05, 4.69) is 24.8 Å². The number of aliphatic carboxylic acids is 1. The van der Waals surface area contributed by atoms with Gasteiger partial charge in [0.25, 0.3) is 5.91 Å². The van der Waals surface area contributed by atoms with Gasteiger partial charge in [0.05, 0.1) is 11.9 Å². The number of likely N-dealkylation sites (tertiary alicyclic amines) is 1. The Bertz CT molecular complexity index is 932. The van der Waals surface area contributed by atoms with Gasteiger partial charge < -0.3 is 14.9 Å². The smallest absolute Gasteiger partial charge is 0.475 e. The highest BCUT2D eigenvalue weighted by Gasteiger charge is 2.45. The van der Waals surface area contributed by atoms with Crippen molar-refractivity contribution in [1.29, 1.82) is 0 Å². The number of carbonyl (C=O) groups excluding carboxylic acids is 1. The molecule has 2 aliphatic heterocycles. The number of hydrogen-bond donors (Lipinski definition) is 1. The third-order valence-electron chi connectivity index (χ3n) is 5.61. The normalized spacial score (nSPS) is 17.6. The van der Waals surface area contributed by atoms with Gasteiger partial charge in [-0.1, -0.05) is 0 Å². The lowest BCUT2D eigenvalue weighted by Gasteiger charge is -2.44. The summed E-state index contributed by atoms with van der Waals surface area (Å²) in [6, 6.07) is 1.84. The van der Waals surface area contributed by atoms with E-state index in [1.54, 1.807) is 24.8 Å². The van der Waals surface area contributed by atoms with E-state index >= 15 is 0 Å². The second-order valence-electron chi connectivity index (χ2n) is 7.67. The molecule has 4 rings (SSSR count). The third kappa shape index (κ3) is 5.29. The number of halogens is 3. The Morgan fingerprint density at radius 2 is 1.62 bits per heavy atom. The summed E-state index contributed by atoms with van der Waals surface area (Å²) in [6.07, 6.45) is 5.89. The van der Waals surface area contributed by atoms with Crippen molar-refractivity contribution in [2.24, 2.45) is 0 Å². The molecule has 0 aromatic carbocycles. The maximum absolute atomic E-state index is 12.7. The molecule has 0 saturated carbocycles. The number of amides is 1. The number of anilines is 1. The largest absolute Gasteiger partial charge is 0.490 e. The lowest BCUT2D eigenvalue weighted by molar-refractivity contribution is -0.192. The molecule has 0 unspecified atom stereocenters. The van der Waals surface area contributed by atoms with E-state index in [9.17, 15) is 18.0 Å². The number of hydrogen-bond acceptors (Lipinski definition) is 7. The Morgan fingerprint density at radius 3 is 2.16 bits per heavy atom. The molecule has 12 heteroatoms. The first-order valence-corrected chi connectivity index (χ1v) is 10.1. The lowest BCUT2D eigenvalue weighted by Crippen LogP contribution is -2.54. The zero-order chi connectivity index (χ0) is 23.4. The number of alkyl halides is 3. The Hall–Kier alpha value is -3.31. The molecule has 9 nitrogen and oxygen atoms in total. The van der Waals surface area contributed by atoms with Crippen molar-refractivity contribution in [3.63, 3.8) is 0 Å². The molecule has 1 N–H and O–H groups in total. The molecule has 2 fully saturated rings. The SMILES string of the molecule is Cc1cnc(C(=O)N2CCC3(CCCN3c3ncccn3)CC2)cn1.O=C(O)C(F)(F)F. The number of aromatic nitrogens is 4. The van der Waals surface area contributed by atoms with Crippen LogP contribution in [0.15, 0.2) is 30.9 Å². The van der Waals surface area contributed by atoms with Gasteiger partial charge in [-0.25, -0.2) is 19.7 Å². The molecule has 2 aliphatic rings. The van der Waals surface area contributed by atoms with Gasteiger partial charge in [-0.3, -0.25) is 9.78 Å². The summed E-state index contributed by atoms with van der Waals surface area (Å²) in [5.41, 5.74) is 1.33. The van der Waals surface area contributed by atoms with E-state index in [0.29, 0.717) is 5.69 Å². The summed E-state index contributed by atoms with van der Waals surface area (Å²) in [4.78, 5) is 43.1. The first-order chi connectivity index (χ1) is 15.1. The zero-order valence-electron chi connectivity index (χ0n) is 17.4. The van der Waals surface area contributed by atoms with E-state index in [-0.39, 0.29) is 11.4 Å².